The number of para-hydroxylation sites is 1. The summed E-state index contributed by atoms with van der Waals surface area (Å²) in [6.45, 7) is 1.99. The number of anilines is 2. The number of rotatable bonds is 5. The van der Waals surface area contributed by atoms with Crippen molar-refractivity contribution in [3.8, 4) is 16.8 Å². The SMILES string of the molecule is C[C@H](Nc1nc(N)ncc1I)c1cc2cccc(-c3cn[nH]c3)c2c(=O)n1-c1ccccc1. The van der Waals surface area contributed by atoms with Gasteiger partial charge in [-0.2, -0.15) is 10.1 Å². The van der Waals surface area contributed by atoms with Crippen molar-refractivity contribution in [2.45, 2.75) is 13.0 Å². The predicted octanol–water partition coefficient (Wildman–Crippen LogP) is 4.53. The Morgan fingerprint density at radius 2 is 1.94 bits per heavy atom. The molecule has 9 heteroatoms. The van der Waals surface area contributed by atoms with E-state index >= 15 is 0 Å². The number of halogens is 1. The molecule has 0 bridgehead atoms. The van der Waals surface area contributed by atoms with E-state index in [1.165, 1.54) is 0 Å². The lowest BCUT2D eigenvalue weighted by Gasteiger charge is -2.22. The smallest absolute Gasteiger partial charge is 0.263 e. The second-order valence-corrected chi connectivity index (χ2v) is 8.76. The minimum atomic E-state index is -0.247. The summed E-state index contributed by atoms with van der Waals surface area (Å²) in [4.78, 5) is 22.4. The van der Waals surface area contributed by atoms with Crippen molar-refractivity contribution in [1.29, 1.82) is 0 Å². The number of aromatic nitrogens is 5. The highest BCUT2D eigenvalue weighted by atomic mass is 127. The Kier molecular flexibility index (Phi) is 5.55. The summed E-state index contributed by atoms with van der Waals surface area (Å²) in [5, 5.41) is 11.8. The largest absolute Gasteiger partial charge is 0.368 e. The third-order valence-electron chi connectivity index (χ3n) is 5.46. The number of hydrogen-bond acceptors (Lipinski definition) is 6. The molecule has 164 valence electrons. The van der Waals surface area contributed by atoms with E-state index in [-0.39, 0.29) is 17.5 Å². The van der Waals surface area contributed by atoms with Gasteiger partial charge in [0.15, 0.2) is 0 Å². The highest BCUT2D eigenvalue weighted by Crippen LogP contribution is 2.30. The van der Waals surface area contributed by atoms with Gasteiger partial charge in [0.2, 0.25) is 5.95 Å². The van der Waals surface area contributed by atoms with Crippen molar-refractivity contribution in [2.75, 3.05) is 11.1 Å². The fourth-order valence-electron chi connectivity index (χ4n) is 3.94. The van der Waals surface area contributed by atoms with Gasteiger partial charge >= 0.3 is 0 Å². The van der Waals surface area contributed by atoms with Crippen LogP contribution in [0.5, 0.6) is 0 Å². The van der Waals surface area contributed by atoms with Crippen LogP contribution in [0.2, 0.25) is 0 Å². The zero-order valence-electron chi connectivity index (χ0n) is 17.7. The molecule has 0 unspecified atom stereocenters. The van der Waals surface area contributed by atoms with Gasteiger partial charge in [0.1, 0.15) is 5.82 Å². The molecule has 0 amide bonds. The Bertz CT molecular complexity index is 1500. The van der Waals surface area contributed by atoms with Crippen LogP contribution >= 0.6 is 22.6 Å². The van der Waals surface area contributed by atoms with Gasteiger partial charge < -0.3 is 11.1 Å². The minimum absolute atomic E-state index is 0.101. The number of nitrogens with one attached hydrogen (secondary N) is 2. The van der Waals surface area contributed by atoms with Crippen molar-refractivity contribution in [1.82, 2.24) is 24.7 Å². The number of fused-ring (bicyclic) bond motifs is 1. The predicted molar refractivity (Wildman–Crippen MR) is 138 cm³/mol. The molecule has 0 saturated heterocycles. The highest BCUT2D eigenvalue weighted by molar-refractivity contribution is 14.1. The molecule has 0 fully saturated rings. The molecule has 33 heavy (non-hydrogen) atoms. The van der Waals surface area contributed by atoms with Crippen LogP contribution in [-0.2, 0) is 0 Å². The maximum atomic E-state index is 14.0. The molecule has 1 atom stereocenters. The first-order valence-corrected chi connectivity index (χ1v) is 11.4. The molecule has 4 N–H and O–H groups in total. The summed E-state index contributed by atoms with van der Waals surface area (Å²) in [6, 6.07) is 17.3. The van der Waals surface area contributed by atoms with E-state index in [1.807, 2.05) is 61.5 Å². The number of aromatic amines is 1. The van der Waals surface area contributed by atoms with E-state index in [4.69, 9.17) is 5.73 Å². The van der Waals surface area contributed by atoms with Gasteiger partial charge in [0.05, 0.1) is 21.2 Å². The molecule has 5 rings (SSSR count). The van der Waals surface area contributed by atoms with E-state index < -0.39 is 0 Å². The summed E-state index contributed by atoms with van der Waals surface area (Å²) in [7, 11) is 0. The zero-order chi connectivity index (χ0) is 22.9. The van der Waals surface area contributed by atoms with Gasteiger partial charge in [0, 0.05) is 29.3 Å². The zero-order valence-corrected chi connectivity index (χ0v) is 19.8. The summed E-state index contributed by atoms with van der Waals surface area (Å²) < 4.78 is 2.59. The lowest BCUT2D eigenvalue weighted by molar-refractivity contribution is 0.772. The summed E-state index contributed by atoms with van der Waals surface area (Å²) >= 11 is 2.16. The number of nitrogen functional groups attached to an aromatic ring is 1. The molecule has 0 aliphatic carbocycles. The van der Waals surface area contributed by atoms with Crippen LogP contribution in [0.1, 0.15) is 18.7 Å². The topological polar surface area (TPSA) is 115 Å². The second-order valence-electron chi connectivity index (χ2n) is 7.59. The molecule has 0 aliphatic heterocycles. The Hall–Kier alpha value is -3.73. The van der Waals surface area contributed by atoms with Crippen molar-refractivity contribution in [3.05, 3.63) is 92.8 Å². The van der Waals surface area contributed by atoms with Crippen LogP contribution in [0.3, 0.4) is 0 Å². The van der Waals surface area contributed by atoms with Gasteiger partial charge in [-0.1, -0.05) is 36.4 Å². The van der Waals surface area contributed by atoms with E-state index in [2.05, 4.69) is 48.1 Å². The molecule has 3 aromatic heterocycles. The standard InChI is InChI=1S/C24H20IN7O/c1-14(30-22-19(25)13-27-24(26)31-22)20-10-15-6-5-9-18(16-11-28-29-12-16)21(15)23(33)32(20)17-7-3-2-4-8-17/h2-14H,1H3,(H,28,29)(H3,26,27,30,31)/t14-/m0/s1. The summed E-state index contributed by atoms with van der Waals surface area (Å²) in [6.07, 6.45) is 5.18. The fourth-order valence-corrected chi connectivity index (χ4v) is 4.36. The van der Waals surface area contributed by atoms with E-state index in [1.54, 1.807) is 23.2 Å². The lowest BCUT2D eigenvalue weighted by atomic mass is 10.00. The normalized spacial score (nSPS) is 12.1. The molecule has 3 heterocycles. The molecular weight excluding hydrogens is 529 g/mol. The fraction of sp³-hybridized carbons (Fsp3) is 0.0833. The highest BCUT2D eigenvalue weighted by Gasteiger charge is 2.20. The van der Waals surface area contributed by atoms with Crippen LogP contribution < -0.4 is 16.6 Å². The Balaban J connectivity index is 1.75. The maximum Gasteiger partial charge on any atom is 0.263 e. The number of benzene rings is 2. The molecule has 2 aromatic carbocycles. The third kappa shape index (κ3) is 3.95. The molecule has 5 aromatic rings. The lowest BCUT2D eigenvalue weighted by Crippen LogP contribution is -2.26. The molecule has 0 radical (unpaired) electrons. The van der Waals surface area contributed by atoms with Gasteiger partial charge in [0.25, 0.3) is 5.56 Å². The molecule has 0 aliphatic rings. The Morgan fingerprint density at radius 1 is 1.12 bits per heavy atom. The Labute approximate surface area is 203 Å². The van der Waals surface area contributed by atoms with E-state index in [0.29, 0.717) is 11.2 Å². The first-order valence-electron chi connectivity index (χ1n) is 10.3. The van der Waals surface area contributed by atoms with Gasteiger partial charge in [-0.25, -0.2) is 4.98 Å². The number of pyridine rings is 1. The van der Waals surface area contributed by atoms with Crippen LogP contribution in [0.4, 0.5) is 11.8 Å². The van der Waals surface area contributed by atoms with Crippen molar-refractivity contribution < 1.29 is 0 Å². The van der Waals surface area contributed by atoms with E-state index in [9.17, 15) is 4.79 Å². The molecular formula is C24H20IN7O. The monoisotopic (exact) mass is 549 g/mol. The number of nitrogens with zero attached hydrogens (tertiary/aromatic N) is 4. The van der Waals surface area contributed by atoms with Crippen molar-refractivity contribution in [2.24, 2.45) is 0 Å². The number of hydrogen-bond donors (Lipinski definition) is 3. The third-order valence-corrected chi connectivity index (χ3v) is 6.25. The van der Waals surface area contributed by atoms with E-state index in [0.717, 1.165) is 31.5 Å². The minimum Gasteiger partial charge on any atom is -0.368 e. The van der Waals surface area contributed by atoms with Crippen LogP contribution in [0.25, 0.3) is 27.6 Å². The summed E-state index contributed by atoms with van der Waals surface area (Å²) in [5.41, 5.74) is 8.98. The summed E-state index contributed by atoms with van der Waals surface area (Å²) in [5.74, 6) is 0.809. The number of nitrogens with two attached hydrogens (primary N) is 1. The van der Waals surface area contributed by atoms with Crippen molar-refractivity contribution >= 4 is 45.1 Å². The molecule has 0 saturated carbocycles. The van der Waals surface area contributed by atoms with Gasteiger partial charge in [-0.15, -0.1) is 0 Å². The van der Waals surface area contributed by atoms with Crippen LogP contribution in [0.15, 0.2) is 78.0 Å². The van der Waals surface area contributed by atoms with Crippen LogP contribution in [0, 0.1) is 3.57 Å². The number of H-pyrrole nitrogens is 1. The first-order chi connectivity index (χ1) is 16.0. The Morgan fingerprint density at radius 3 is 2.70 bits per heavy atom. The van der Waals surface area contributed by atoms with Gasteiger partial charge in [-0.05, 0) is 58.7 Å². The molecule has 8 nitrogen and oxygen atoms in total. The van der Waals surface area contributed by atoms with Crippen molar-refractivity contribution in [3.63, 3.8) is 0 Å². The molecule has 0 spiro atoms. The van der Waals surface area contributed by atoms with Crippen LogP contribution in [-0.4, -0.2) is 24.7 Å². The van der Waals surface area contributed by atoms with Gasteiger partial charge in [-0.3, -0.25) is 14.5 Å². The maximum absolute atomic E-state index is 14.0. The second kappa shape index (κ2) is 8.66. The average Bonchev–Trinajstić information content (AvgIpc) is 3.36. The quantitative estimate of drug-likeness (QED) is 0.278. The first kappa shape index (κ1) is 21.1. The average molecular weight is 549 g/mol.